The first-order valence-electron chi connectivity index (χ1n) is 8.48. The van der Waals surface area contributed by atoms with Gasteiger partial charge in [0.25, 0.3) is 5.91 Å². The van der Waals surface area contributed by atoms with E-state index in [1.807, 2.05) is 66.7 Å². The van der Waals surface area contributed by atoms with Crippen LogP contribution in [0.3, 0.4) is 0 Å². The van der Waals surface area contributed by atoms with E-state index in [-0.39, 0.29) is 12.1 Å². The van der Waals surface area contributed by atoms with Gasteiger partial charge in [-0.2, -0.15) is 0 Å². The highest BCUT2D eigenvalue weighted by Gasteiger charge is 2.31. The van der Waals surface area contributed by atoms with Gasteiger partial charge < -0.3 is 15.0 Å². The van der Waals surface area contributed by atoms with Crippen LogP contribution in [0.5, 0.6) is 5.75 Å². The molecule has 1 aliphatic heterocycles. The molecule has 0 aliphatic carbocycles. The molecule has 26 heavy (non-hydrogen) atoms. The summed E-state index contributed by atoms with van der Waals surface area (Å²) >= 11 is 0. The van der Waals surface area contributed by atoms with Crippen molar-refractivity contribution in [2.45, 2.75) is 12.8 Å². The number of ether oxygens (including phenoxy) is 1. The smallest absolute Gasteiger partial charge is 0.257 e. The summed E-state index contributed by atoms with van der Waals surface area (Å²) in [6.07, 6.45) is 1.45. The molecule has 1 aromatic heterocycles. The molecule has 2 heterocycles. The van der Waals surface area contributed by atoms with Gasteiger partial charge in [0, 0.05) is 24.5 Å². The number of carbonyl (C=O) groups excluding carboxylic acids is 1. The lowest BCUT2D eigenvalue weighted by molar-refractivity contribution is 0.0733. The van der Waals surface area contributed by atoms with Crippen LogP contribution in [-0.4, -0.2) is 22.8 Å². The van der Waals surface area contributed by atoms with Gasteiger partial charge in [-0.15, -0.1) is 0 Å². The summed E-state index contributed by atoms with van der Waals surface area (Å²) in [5.41, 5.74) is 3.28. The summed E-state index contributed by atoms with van der Waals surface area (Å²) in [5.74, 6) is 0.721. The number of amides is 1. The summed E-state index contributed by atoms with van der Waals surface area (Å²) in [5, 5.41) is 3.44. The van der Waals surface area contributed by atoms with Crippen LogP contribution in [-0.2, 0) is 6.61 Å². The van der Waals surface area contributed by atoms with Gasteiger partial charge >= 0.3 is 0 Å². The van der Waals surface area contributed by atoms with E-state index in [9.17, 15) is 4.79 Å². The quantitative estimate of drug-likeness (QED) is 0.780. The van der Waals surface area contributed by atoms with Crippen LogP contribution < -0.4 is 10.1 Å². The van der Waals surface area contributed by atoms with Crippen LogP contribution >= 0.6 is 0 Å². The molecule has 0 saturated heterocycles. The van der Waals surface area contributed by atoms with Crippen molar-refractivity contribution in [3.05, 3.63) is 89.7 Å². The number of pyridine rings is 1. The van der Waals surface area contributed by atoms with E-state index < -0.39 is 0 Å². The molecule has 0 radical (unpaired) electrons. The molecule has 0 spiro atoms. The maximum atomic E-state index is 12.7. The molecule has 0 saturated carbocycles. The van der Waals surface area contributed by atoms with Crippen LogP contribution in [0.1, 0.15) is 27.8 Å². The normalized spacial score (nSPS) is 16.0. The van der Waals surface area contributed by atoms with E-state index >= 15 is 0 Å². The van der Waals surface area contributed by atoms with Crippen molar-refractivity contribution < 1.29 is 9.53 Å². The zero-order valence-electron chi connectivity index (χ0n) is 14.4. The van der Waals surface area contributed by atoms with Crippen LogP contribution in [0, 0.1) is 0 Å². The zero-order valence-corrected chi connectivity index (χ0v) is 14.4. The fraction of sp³-hybridized carbons (Fsp3) is 0.143. The molecule has 1 atom stereocenters. The van der Waals surface area contributed by atoms with E-state index in [1.165, 1.54) is 0 Å². The number of nitrogens with zero attached hydrogens (tertiary/aromatic N) is 2. The largest absolute Gasteiger partial charge is 0.487 e. The molecule has 0 fully saturated rings. The van der Waals surface area contributed by atoms with Gasteiger partial charge in [0.05, 0.1) is 11.3 Å². The molecule has 3 aromatic rings. The highest BCUT2D eigenvalue weighted by molar-refractivity contribution is 6.01. The van der Waals surface area contributed by atoms with Crippen LogP contribution in [0.4, 0.5) is 5.69 Å². The Morgan fingerprint density at radius 3 is 2.65 bits per heavy atom. The minimum absolute atomic E-state index is 0.0103. The SMILES string of the molecule is CN1C(=O)c2ccccc2N[C@@H]1c1ccccc1OCc1ccccn1. The number of carbonyl (C=O) groups is 1. The molecule has 5 heteroatoms. The number of nitrogens with one attached hydrogen (secondary N) is 1. The molecule has 1 N–H and O–H groups in total. The Kier molecular flexibility index (Phi) is 4.27. The van der Waals surface area contributed by atoms with Gasteiger partial charge in [-0.3, -0.25) is 9.78 Å². The standard InChI is InChI=1S/C21H19N3O2/c1-24-20(23-18-11-4-2-9-16(18)21(24)25)17-10-3-5-12-19(17)26-14-15-8-6-7-13-22-15/h2-13,20,23H,14H2,1H3/t20-/m0/s1. The molecule has 5 nitrogen and oxygen atoms in total. The molecule has 0 bridgehead atoms. The van der Waals surface area contributed by atoms with E-state index in [1.54, 1.807) is 18.1 Å². The highest BCUT2D eigenvalue weighted by Crippen LogP contribution is 2.35. The van der Waals surface area contributed by atoms with Gasteiger partial charge in [-0.1, -0.05) is 36.4 Å². The van der Waals surface area contributed by atoms with Gasteiger partial charge in [-0.25, -0.2) is 0 Å². The Morgan fingerprint density at radius 1 is 1.04 bits per heavy atom. The number of benzene rings is 2. The lowest BCUT2D eigenvalue weighted by Crippen LogP contribution is -2.40. The van der Waals surface area contributed by atoms with E-state index in [0.29, 0.717) is 12.2 Å². The fourth-order valence-electron chi connectivity index (χ4n) is 3.11. The second-order valence-corrected chi connectivity index (χ2v) is 6.16. The number of fused-ring (bicyclic) bond motifs is 1. The van der Waals surface area contributed by atoms with Crippen molar-refractivity contribution in [1.82, 2.24) is 9.88 Å². The van der Waals surface area contributed by atoms with Crippen molar-refractivity contribution >= 4 is 11.6 Å². The van der Waals surface area contributed by atoms with Gasteiger partial charge in [0.2, 0.25) is 0 Å². The zero-order chi connectivity index (χ0) is 17.9. The maximum Gasteiger partial charge on any atom is 0.257 e. The average molecular weight is 345 g/mol. The van der Waals surface area contributed by atoms with E-state index in [0.717, 1.165) is 22.7 Å². The Balaban J connectivity index is 1.63. The number of aromatic nitrogens is 1. The predicted molar refractivity (Wildman–Crippen MR) is 99.9 cm³/mol. The first-order chi connectivity index (χ1) is 12.7. The second kappa shape index (κ2) is 6.88. The number of hydrogen-bond donors (Lipinski definition) is 1. The summed E-state index contributed by atoms with van der Waals surface area (Å²) < 4.78 is 6.01. The number of hydrogen-bond acceptors (Lipinski definition) is 4. The molecular formula is C21H19N3O2. The van der Waals surface area contributed by atoms with Crippen molar-refractivity contribution in [3.63, 3.8) is 0 Å². The molecule has 1 amide bonds. The number of para-hydroxylation sites is 2. The molecule has 4 rings (SSSR count). The summed E-state index contributed by atoms with van der Waals surface area (Å²) in [6, 6.07) is 21.0. The Hall–Kier alpha value is -3.34. The number of anilines is 1. The predicted octanol–water partition coefficient (Wildman–Crippen LogP) is 3.86. The van der Waals surface area contributed by atoms with Crippen molar-refractivity contribution in [2.24, 2.45) is 0 Å². The van der Waals surface area contributed by atoms with E-state index in [4.69, 9.17) is 4.74 Å². The summed E-state index contributed by atoms with van der Waals surface area (Å²) in [4.78, 5) is 18.7. The third kappa shape index (κ3) is 2.99. The minimum Gasteiger partial charge on any atom is -0.487 e. The van der Waals surface area contributed by atoms with Gasteiger partial charge in [-0.05, 0) is 30.3 Å². The summed E-state index contributed by atoms with van der Waals surface area (Å²) in [6.45, 7) is 0.374. The Morgan fingerprint density at radius 2 is 1.81 bits per heavy atom. The minimum atomic E-state index is -0.294. The molecule has 0 unspecified atom stereocenters. The Labute approximate surface area is 152 Å². The van der Waals surface area contributed by atoms with Crippen LogP contribution in [0.25, 0.3) is 0 Å². The van der Waals surface area contributed by atoms with Gasteiger partial charge in [0.1, 0.15) is 18.5 Å². The lowest BCUT2D eigenvalue weighted by Gasteiger charge is -2.36. The number of rotatable bonds is 4. The summed E-state index contributed by atoms with van der Waals surface area (Å²) in [7, 11) is 1.80. The highest BCUT2D eigenvalue weighted by atomic mass is 16.5. The third-order valence-corrected chi connectivity index (χ3v) is 4.47. The van der Waals surface area contributed by atoms with Crippen LogP contribution in [0.15, 0.2) is 72.9 Å². The fourth-order valence-corrected chi connectivity index (χ4v) is 3.11. The van der Waals surface area contributed by atoms with Crippen molar-refractivity contribution in [1.29, 1.82) is 0 Å². The maximum absolute atomic E-state index is 12.7. The first-order valence-corrected chi connectivity index (χ1v) is 8.48. The van der Waals surface area contributed by atoms with E-state index in [2.05, 4.69) is 10.3 Å². The topological polar surface area (TPSA) is 54.5 Å². The van der Waals surface area contributed by atoms with Crippen molar-refractivity contribution in [2.75, 3.05) is 12.4 Å². The molecule has 1 aliphatic rings. The Bertz CT molecular complexity index is 927. The lowest BCUT2D eigenvalue weighted by atomic mass is 10.0. The van der Waals surface area contributed by atoms with Crippen molar-refractivity contribution in [3.8, 4) is 5.75 Å². The molecule has 130 valence electrons. The van der Waals surface area contributed by atoms with Gasteiger partial charge in [0.15, 0.2) is 0 Å². The third-order valence-electron chi connectivity index (χ3n) is 4.47. The van der Waals surface area contributed by atoms with Crippen LogP contribution in [0.2, 0.25) is 0 Å². The first kappa shape index (κ1) is 16.1. The monoisotopic (exact) mass is 345 g/mol. The molecular weight excluding hydrogens is 326 g/mol. The second-order valence-electron chi connectivity index (χ2n) is 6.16. The average Bonchev–Trinajstić information content (AvgIpc) is 2.70. The molecule has 2 aromatic carbocycles.